The number of benzene rings is 1. The van der Waals surface area contributed by atoms with Crippen LogP contribution in [0, 0.1) is 5.41 Å². The van der Waals surface area contributed by atoms with Crippen LogP contribution >= 0.6 is 0 Å². The average molecular weight is 433 g/mol. The van der Waals surface area contributed by atoms with Crippen LogP contribution in [-0.2, 0) is 11.2 Å². The van der Waals surface area contributed by atoms with Gasteiger partial charge < -0.3 is 14.0 Å². The maximum Gasteiger partial charge on any atom is 0.227 e. The molecule has 1 amide bonds. The molecule has 166 valence electrons. The van der Waals surface area contributed by atoms with E-state index < -0.39 is 0 Å². The first kappa shape index (κ1) is 19.6. The molecule has 8 heteroatoms. The summed E-state index contributed by atoms with van der Waals surface area (Å²) in [7, 11) is 0. The van der Waals surface area contributed by atoms with Crippen LogP contribution < -0.4 is 0 Å². The third-order valence-electron chi connectivity index (χ3n) is 7.51. The third kappa shape index (κ3) is 3.51. The number of carbonyl (C=O) groups excluding carboxylic acids is 1. The number of rotatable bonds is 6. The number of hydrogen-bond acceptors (Lipinski definition) is 6. The average Bonchev–Trinajstić information content (AvgIpc) is 3.26. The van der Waals surface area contributed by atoms with Gasteiger partial charge in [0.05, 0.1) is 0 Å². The van der Waals surface area contributed by atoms with Gasteiger partial charge in [-0.05, 0) is 31.1 Å². The van der Waals surface area contributed by atoms with E-state index in [0.717, 1.165) is 24.5 Å². The zero-order valence-corrected chi connectivity index (χ0v) is 18.2. The summed E-state index contributed by atoms with van der Waals surface area (Å²) in [6.45, 7) is 1.57. The Morgan fingerprint density at radius 2 is 1.97 bits per heavy atom. The topological polar surface area (TPSA) is 89.9 Å². The monoisotopic (exact) mass is 432 g/mol. The highest BCUT2D eigenvalue weighted by atomic mass is 16.5. The van der Waals surface area contributed by atoms with Crippen LogP contribution in [0.4, 0.5) is 0 Å². The number of nitrogens with zero attached hydrogens (tertiary/aromatic N) is 6. The predicted molar refractivity (Wildman–Crippen MR) is 117 cm³/mol. The lowest BCUT2D eigenvalue weighted by Crippen LogP contribution is -2.31. The molecule has 1 unspecified atom stereocenters. The molecule has 1 spiro atoms. The highest BCUT2D eigenvalue weighted by molar-refractivity contribution is 5.77. The lowest BCUT2D eigenvalue weighted by molar-refractivity contribution is -0.130. The van der Waals surface area contributed by atoms with Gasteiger partial charge in [-0.1, -0.05) is 48.3 Å². The number of aryl methyl sites for hydroxylation is 1. The summed E-state index contributed by atoms with van der Waals surface area (Å²) in [6, 6.07) is 10.3. The summed E-state index contributed by atoms with van der Waals surface area (Å²) >= 11 is 0. The fraction of sp³-hybridized carbons (Fsp3) is 0.542. The van der Waals surface area contributed by atoms with E-state index in [1.165, 1.54) is 38.5 Å². The second-order valence-electron chi connectivity index (χ2n) is 9.60. The van der Waals surface area contributed by atoms with E-state index in [-0.39, 0.29) is 17.2 Å². The molecule has 3 aromatic rings. The van der Waals surface area contributed by atoms with Crippen molar-refractivity contribution < 1.29 is 9.32 Å². The smallest absolute Gasteiger partial charge is 0.227 e. The standard InChI is InChI=1S/C24H28N6O2/c31-21(11-10-20-26-22(28-32-20)17-6-2-1-3-7-17)29-14-19(24(15-29)12-4-5-13-24)23-27-25-16-30(23)18-8-9-18/h1-3,6-7,16,18-19H,4-5,8-15H2. The van der Waals surface area contributed by atoms with E-state index >= 15 is 0 Å². The molecule has 8 nitrogen and oxygen atoms in total. The molecular formula is C24H28N6O2. The summed E-state index contributed by atoms with van der Waals surface area (Å²) in [6.07, 6.45) is 9.97. The van der Waals surface area contributed by atoms with E-state index in [1.54, 1.807) is 0 Å². The molecule has 1 saturated heterocycles. The van der Waals surface area contributed by atoms with E-state index in [2.05, 4.69) is 29.8 Å². The van der Waals surface area contributed by atoms with Gasteiger partial charge in [0.2, 0.25) is 17.6 Å². The molecule has 32 heavy (non-hydrogen) atoms. The number of likely N-dealkylation sites (tertiary alicyclic amines) is 1. The van der Waals surface area contributed by atoms with Gasteiger partial charge in [0.1, 0.15) is 12.2 Å². The molecular weight excluding hydrogens is 404 g/mol. The Labute approximate surface area is 187 Å². The Hall–Kier alpha value is -3.03. The highest BCUT2D eigenvalue weighted by Crippen LogP contribution is 2.54. The van der Waals surface area contributed by atoms with Crippen molar-refractivity contribution in [3.63, 3.8) is 0 Å². The van der Waals surface area contributed by atoms with Gasteiger partial charge in [-0.2, -0.15) is 4.98 Å². The lowest BCUT2D eigenvalue weighted by Gasteiger charge is -2.29. The van der Waals surface area contributed by atoms with Crippen molar-refractivity contribution >= 4 is 5.91 Å². The largest absolute Gasteiger partial charge is 0.341 e. The quantitative estimate of drug-likeness (QED) is 0.589. The maximum absolute atomic E-state index is 13.2. The molecule has 0 bridgehead atoms. The summed E-state index contributed by atoms with van der Waals surface area (Å²) in [5.74, 6) is 2.62. The molecule has 2 saturated carbocycles. The summed E-state index contributed by atoms with van der Waals surface area (Å²) < 4.78 is 7.68. The molecule has 6 rings (SSSR count). The summed E-state index contributed by atoms with van der Waals surface area (Å²) in [5.41, 5.74) is 1.07. The molecule has 0 N–H and O–H groups in total. The zero-order chi connectivity index (χ0) is 21.5. The number of hydrogen-bond donors (Lipinski definition) is 0. The van der Waals surface area contributed by atoms with Crippen molar-refractivity contribution in [2.24, 2.45) is 5.41 Å². The first-order valence-corrected chi connectivity index (χ1v) is 11.8. The summed E-state index contributed by atoms with van der Waals surface area (Å²) in [5, 5.41) is 12.8. The lowest BCUT2D eigenvalue weighted by atomic mass is 9.76. The van der Waals surface area contributed by atoms with Crippen LogP contribution in [0.1, 0.15) is 68.6 Å². The van der Waals surface area contributed by atoms with Gasteiger partial charge in [0.25, 0.3) is 0 Å². The molecule has 3 heterocycles. The Morgan fingerprint density at radius 1 is 1.16 bits per heavy atom. The minimum absolute atomic E-state index is 0.153. The van der Waals surface area contributed by atoms with Crippen LogP contribution in [0.3, 0.4) is 0 Å². The van der Waals surface area contributed by atoms with Gasteiger partial charge in [-0.25, -0.2) is 0 Å². The van der Waals surface area contributed by atoms with Crippen LogP contribution in [0.2, 0.25) is 0 Å². The van der Waals surface area contributed by atoms with Crippen LogP contribution in [-0.4, -0.2) is 48.8 Å². The van der Waals surface area contributed by atoms with Gasteiger partial charge in [-0.3, -0.25) is 4.79 Å². The second kappa shape index (κ2) is 7.83. The van der Waals surface area contributed by atoms with E-state index in [4.69, 9.17) is 4.52 Å². The molecule has 0 radical (unpaired) electrons. The van der Waals surface area contributed by atoms with Crippen molar-refractivity contribution in [2.45, 2.75) is 63.3 Å². The van der Waals surface area contributed by atoms with E-state index in [9.17, 15) is 4.79 Å². The highest BCUT2D eigenvalue weighted by Gasteiger charge is 2.52. The fourth-order valence-electron chi connectivity index (χ4n) is 5.67. The number of amides is 1. The summed E-state index contributed by atoms with van der Waals surface area (Å²) in [4.78, 5) is 19.7. The van der Waals surface area contributed by atoms with Gasteiger partial charge >= 0.3 is 0 Å². The molecule has 3 aliphatic rings. The van der Waals surface area contributed by atoms with Crippen molar-refractivity contribution in [2.75, 3.05) is 13.1 Å². The molecule has 3 fully saturated rings. The second-order valence-corrected chi connectivity index (χ2v) is 9.60. The Morgan fingerprint density at radius 3 is 2.75 bits per heavy atom. The molecule has 1 aliphatic heterocycles. The Kier molecular flexibility index (Phi) is 4.81. The van der Waals surface area contributed by atoms with Crippen molar-refractivity contribution in [3.05, 3.63) is 48.4 Å². The Balaban J connectivity index is 1.15. The number of carbonyl (C=O) groups is 1. The van der Waals surface area contributed by atoms with Crippen LogP contribution in [0.25, 0.3) is 11.4 Å². The maximum atomic E-state index is 13.2. The Bertz CT molecular complexity index is 1100. The molecule has 1 atom stereocenters. The normalized spacial score (nSPS) is 22.1. The fourth-order valence-corrected chi connectivity index (χ4v) is 5.67. The molecule has 2 aromatic heterocycles. The van der Waals surface area contributed by atoms with Gasteiger partial charge in [0, 0.05) is 43.5 Å². The predicted octanol–water partition coefficient (Wildman–Crippen LogP) is 3.78. The van der Waals surface area contributed by atoms with Gasteiger partial charge in [0.15, 0.2) is 0 Å². The van der Waals surface area contributed by atoms with Crippen molar-refractivity contribution in [1.29, 1.82) is 0 Å². The molecule has 2 aliphatic carbocycles. The van der Waals surface area contributed by atoms with Crippen molar-refractivity contribution in [1.82, 2.24) is 29.8 Å². The third-order valence-corrected chi connectivity index (χ3v) is 7.51. The van der Waals surface area contributed by atoms with Crippen molar-refractivity contribution in [3.8, 4) is 11.4 Å². The first-order chi connectivity index (χ1) is 15.7. The van der Waals surface area contributed by atoms with E-state index in [1.807, 2.05) is 36.7 Å². The zero-order valence-electron chi connectivity index (χ0n) is 18.2. The first-order valence-electron chi connectivity index (χ1n) is 11.8. The molecule has 1 aromatic carbocycles. The van der Waals surface area contributed by atoms with Crippen LogP contribution in [0.5, 0.6) is 0 Å². The minimum Gasteiger partial charge on any atom is -0.341 e. The van der Waals surface area contributed by atoms with E-state index in [0.29, 0.717) is 30.6 Å². The SMILES string of the molecule is O=C(CCc1nc(-c2ccccc2)no1)N1CC(c2nncn2C2CC2)C2(CCCC2)C1. The van der Waals surface area contributed by atoms with Crippen LogP contribution in [0.15, 0.2) is 41.2 Å². The van der Waals surface area contributed by atoms with Gasteiger partial charge in [-0.15, -0.1) is 10.2 Å². The number of aromatic nitrogens is 5. The minimum atomic E-state index is 0.153.